The standard InChI is InChI=1S/C8H10O2/c1-4-8(10)5-6(2)7(3)9/h4-5H,1H2,2-3H3/b6-5-. The van der Waals surface area contributed by atoms with E-state index in [0.29, 0.717) is 5.57 Å². The van der Waals surface area contributed by atoms with E-state index < -0.39 is 0 Å². The van der Waals surface area contributed by atoms with Gasteiger partial charge in [-0.3, -0.25) is 9.59 Å². The van der Waals surface area contributed by atoms with Gasteiger partial charge in [0.2, 0.25) is 0 Å². The van der Waals surface area contributed by atoms with Gasteiger partial charge in [0.15, 0.2) is 11.6 Å². The van der Waals surface area contributed by atoms with Crippen LogP contribution in [0.1, 0.15) is 13.8 Å². The molecule has 0 heterocycles. The van der Waals surface area contributed by atoms with Gasteiger partial charge in [-0.1, -0.05) is 6.58 Å². The van der Waals surface area contributed by atoms with Gasteiger partial charge in [0.25, 0.3) is 0 Å². The number of allylic oxidation sites excluding steroid dienone is 3. The molecule has 0 unspecified atom stereocenters. The maximum Gasteiger partial charge on any atom is 0.178 e. The average Bonchev–Trinajstić information content (AvgIpc) is 1.87. The first-order valence-corrected chi connectivity index (χ1v) is 2.93. The van der Waals surface area contributed by atoms with Gasteiger partial charge in [-0.2, -0.15) is 0 Å². The van der Waals surface area contributed by atoms with Crippen molar-refractivity contribution in [3.8, 4) is 0 Å². The zero-order chi connectivity index (χ0) is 8.15. The SMILES string of the molecule is C=CC(=O)/C=C(/C)C(C)=O. The third-order valence-corrected chi connectivity index (χ3v) is 1.12. The summed E-state index contributed by atoms with van der Waals surface area (Å²) in [7, 11) is 0. The molecule has 0 spiro atoms. The minimum Gasteiger partial charge on any atom is -0.295 e. The van der Waals surface area contributed by atoms with Gasteiger partial charge < -0.3 is 0 Å². The smallest absolute Gasteiger partial charge is 0.178 e. The summed E-state index contributed by atoms with van der Waals surface area (Å²) in [4.78, 5) is 21.1. The number of carbonyl (C=O) groups is 2. The Bertz CT molecular complexity index is 199. The molecule has 0 amide bonds. The molecule has 0 aliphatic heterocycles. The van der Waals surface area contributed by atoms with Crippen LogP contribution in [0, 0.1) is 0 Å². The summed E-state index contributed by atoms with van der Waals surface area (Å²) >= 11 is 0. The first-order valence-electron chi connectivity index (χ1n) is 2.93. The topological polar surface area (TPSA) is 34.1 Å². The monoisotopic (exact) mass is 138 g/mol. The Balaban J connectivity index is 4.30. The van der Waals surface area contributed by atoms with E-state index in [1.807, 2.05) is 0 Å². The Morgan fingerprint density at radius 2 is 1.80 bits per heavy atom. The Morgan fingerprint density at radius 3 is 2.10 bits per heavy atom. The largest absolute Gasteiger partial charge is 0.295 e. The van der Waals surface area contributed by atoms with Crippen molar-refractivity contribution in [3.63, 3.8) is 0 Å². The van der Waals surface area contributed by atoms with E-state index in [4.69, 9.17) is 0 Å². The summed E-state index contributed by atoms with van der Waals surface area (Å²) in [5.74, 6) is -0.317. The van der Waals surface area contributed by atoms with Crippen LogP contribution < -0.4 is 0 Å². The van der Waals surface area contributed by atoms with Crippen LogP contribution in [0.4, 0.5) is 0 Å². The number of hydrogen-bond acceptors (Lipinski definition) is 2. The molecule has 0 aromatic heterocycles. The molecule has 0 N–H and O–H groups in total. The van der Waals surface area contributed by atoms with Gasteiger partial charge in [0.05, 0.1) is 0 Å². The highest BCUT2D eigenvalue weighted by Crippen LogP contribution is 1.93. The van der Waals surface area contributed by atoms with E-state index >= 15 is 0 Å². The third-order valence-electron chi connectivity index (χ3n) is 1.12. The van der Waals surface area contributed by atoms with E-state index in [-0.39, 0.29) is 11.6 Å². The van der Waals surface area contributed by atoms with Gasteiger partial charge in [-0.15, -0.1) is 0 Å². The third kappa shape index (κ3) is 2.97. The van der Waals surface area contributed by atoms with E-state index in [0.717, 1.165) is 0 Å². The average molecular weight is 138 g/mol. The van der Waals surface area contributed by atoms with E-state index in [1.165, 1.54) is 19.1 Å². The van der Waals surface area contributed by atoms with Crippen LogP contribution in [0.25, 0.3) is 0 Å². The summed E-state index contributed by atoms with van der Waals surface area (Å²) in [6.45, 7) is 6.29. The molecule has 0 radical (unpaired) electrons. The lowest BCUT2D eigenvalue weighted by Crippen LogP contribution is -1.95. The lowest BCUT2D eigenvalue weighted by molar-refractivity contribution is -0.114. The highest BCUT2D eigenvalue weighted by Gasteiger charge is 1.96. The second-order valence-electron chi connectivity index (χ2n) is 1.99. The molecule has 0 rings (SSSR count). The minimum atomic E-state index is -0.229. The van der Waals surface area contributed by atoms with E-state index in [2.05, 4.69) is 6.58 Å². The van der Waals surface area contributed by atoms with Crippen molar-refractivity contribution >= 4 is 11.6 Å². The van der Waals surface area contributed by atoms with Gasteiger partial charge in [-0.25, -0.2) is 0 Å². The molecule has 0 aliphatic rings. The van der Waals surface area contributed by atoms with Crippen molar-refractivity contribution in [1.29, 1.82) is 0 Å². The second kappa shape index (κ2) is 3.77. The maximum absolute atomic E-state index is 10.6. The molecule has 54 valence electrons. The first kappa shape index (κ1) is 8.82. The highest BCUT2D eigenvalue weighted by molar-refractivity contribution is 6.05. The van der Waals surface area contributed by atoms with Crippen LogP contribution in [-0.4, -0.2) is 11.6 Å². The second-order valence-corrected chi connectivity index (χ2v) is 1.99. The molecule has 2 nitrogen and oxygen atoms in total. The van der Waals surface area contributed by atoms with Crippen molar-refractivity contribution < 1.29 is 9.59 Å². The van der Waals surface area contributed by atoms with Gasteiger partial charge in [0.1, 0.15) is 0 Å². The molecular formula is C8H10O2. The summed E-state index contributed by atoms with van der Waals surface area (Å²) in [5, 5.41) is 0. The van der Waals surface area contributed by atoms with Crippen molar-refractivity contribution in [3.05, 3.63) is 24.3 Å². The normalized spacial score (nSPS) is 10.8. The number of carbonyl (C=O) groups excluding carboxylic acids is 2. The molecule has 0 bridgehead atoms. The zero-order valence-electron chi connectivity index (χ0n) is 6.18. The molecule has 2 heteroatoms. The summed E-state index contributed by atoms with van der Waals surface area (Å²) in [6.07, 6.45) is 2.45. The Hall–Kier alpha value is -1.18. The lowest BCUT2D eigenvalue weighted by atomic mass is 10.2. The van der Waals surface area contributed by atoms with Crippen LogP contribution in [0.3, 0.4) is 0 Å². The fourth-order valence-electron chi connectivity index (χ4n) is 0.374. The molecular weight excluding hydrogens is 128 g/mol. The molecule has 0 aliphatic carbocycles. The molecule has 0 saturated heterocycles. The maximum atomic E-state index is 10.6. The quantitative estimate of drug-likeness (QED) is 0.550. The van der Waals surface area contributed by atoms with Crippen molar-refractivity contribution in [1.82, 2.24) is 0 Å². The molecule has 0 fully saturated rings. The Labute approximate surface area is 60.2 Å². The predicted octanol–water partition coefficient (Wildman–Crippen LogP) is 1.28. The fraction of sp³-hybridized carbons (Fsp3) is 0.250. The Kier molecular flexibility index (Phi) is 3.33. The van der Waals surface area contributed by atoms with Crippen molar-refractivity contribution in [2.75, 3.05) is 0 Å². The van der Waals surface area contributed by atoms with Crippen LogP contribution >= 0.6 is 0 Å². The highest BCUT2D eigenvalue weighted by atomic mass is 16.1. The summed E-state index contributed by atoms with van der Waals surface area (Å²) < 4.78 is 0. The molecule has 0 aromatic carbocycles. The molecule has 10 heavy (non-hydrogen) atoms. The lowest BCUT2D eigenvalue weighted by Gasteiger charge is -1.89. The zero-order valence-corrected chi connectivity index (χ0v) is 6.18. The van der Waals surface area contributed by atoms with Crippen LogP contribution in [0.2, 0.25) is 0 Å². The predicted molar refractivity (Wildman–Crippen MR) is 39.6 cm³/mol. The number of rotatable bonds is 3. The van der Waals surface area contributed by atoms with E-state index in [9.17, 15) is 9.59 Å². The van der Waals surface area contributed by atoms with Gasteiger partial charge >= 0.3 is 0 Å². The fourth-order valence-corrected chi connectivity index (χ4v) is 0.374. The number of hydrogen-bond donors (Lipinski definition) is 0. The summed E-state index contributed by atoms with van der Waals surface area (Å²) in [6, 6.07) is 0. The van der Waals surface area contributed by atoms with Crippen molar-refractivity contribution in [2.24, 2.45) is 0 Å². The molecule has 0 saturated carbocycles. The molecule has 0 atom stereocenters. The first-order chi connectivity index (χ1) is 4.57. The van der Waals surface area contributed by atoms with E-state index in [1.54, 1.807) is 6.92 Å². The summed E-state index contributed by atoms with van der Waals surface area (Å²) in [5.41, 5.74) is 0.463. The minimum absolute atomic E-state index is 0.0878. The van der Waals surface area contributed by atoms with Crippen molar-refractivity contribution in [2.45, 2.75) is 13.8 Å². The number of ketones is 2. The van der Waals surface area contributed by atoms with Crippen LogP contribution in [-0.2, 0) is 9.59 Å². The Morgan fingerprint density at radius 1 is 1.30 bits per heavy atom. The van der Waals surface area contributed by atoms with Crippen LogP contribution in [0.5, 0.6) is 0 Å². The van der Waals surface area contributed by atoms with Gasteiger partial charge in [-0.05, 0) is 31.6 Å². The number of Topliss-reactive ketones (excluding diaryl/α,β-unsaturated/α-hetero) is 1. The molecule has 0 aromatic rings. The van der Waals surface area contributed by atoms with Crippen LogP contribution in [0.15, 0.2) is 24.3 Å². The van der Waals surface area contributed by atoms with Gasteiger partial charge in [0, 0.05) is 0 Å².